The summed E-state index contributed by atoms with van der Waals surface area (Å²) in [6.45, 7) is 5.25. The van der Waals surface area contributed by atoms with Crippen LogP contribution in [0.25, 0.3) is 0 Å². The average molecular weight is 274 g/mol. The SMILES string of the molecule is Cc1cnn([C@@H]2CCCN(C(=O)c3cc(C)on3)C2)c1. The molecular weight excluding hydrogens is 256 g/mol. The summed E-state index contributed by atoms with van der Waals surface area (Å²) in [4.78, 5) is 14.2. The number of hydrogen-bond acceptors (Lipinski definition) is 4. The maximum Gasteiger partial charge on any atom is 0.276 e. The van der Waals surface area contributed by atoms with Gasteiger partial charge in [0.2, 0.25) is 0 Å². The lowest BCUT2D eigenvalue weighted by molar-refractivity contribution is 0.0662. The van der Waals surface area contributed by atoms with E-state index in [1.807, 2.05) is 28.9 Å². The van der Waals surface area contributed by atoms with Gasteiger partial charge < -0.3 is 9.42 Å². The number of hydrogen-bond donors (Lipinski definition) is 0. The van der Waals surface area contributed by atoms with Gasteiger partial charge in [-0.05, 0) is 32.3 Å². The van der Waals surface area contributed by atoms with Crippen LogP contribution in [0.4, 0.5) is 0 Å². The Labute approximate surface area is 117 Å². The van der Waals surface area contributed by atoms with Crippen molar-refractivity contribution in [2.24, 2.45) is 0 Å². The normalized spacial score (nSPS) is 19.3. The molecule has 1 fully saturated rings. The first kappa shape index (κ1) is 12.9. The van der Waals surface area contributed by atoms with Crippen molar-refractivity contribution in [1.29, 1.82) is 0 Å². The molecule has 2 aromatic rings. The van der Waals surface area contributed by atoms with E-state index >= 15 is 0 Å². The highest BCUT2D eigenvalue weighted by Gasteiger charge is 2.27. The van der Waals surface area contributed by atoms with E-state index < -0.39 is 0 Å². The highest BCUT2D eigenvalue weighted by Crippen LogP contribution is 2.22. The first-order valence-electron chi connectivity index (χ1n) is 6.87. The van der Waals surface area contributed by atoms with Crippen LogP contribution in [-0.2, 0) is 0 Å². The molecule has 1 aliphatic rings. The molecule has 3 heterocycles. The minimum atomic E-state index is -0.0598. The third-order valence-corrected chi connectivity index (χ3v) is 3.64. The van der Waals surface area contributed by atoms with Crippen molar-refractivity contribution >= 4 is 5.91 Å². The highest BCUT2D eigenvalue weighted by molar-refractivity contribution is 5.92. The number of aromatic nitrogens is 3. The number of nitrogens with zero attached hydrogens (tertiary/aromatic N) is 4. The lowest BCUT2D eigenvalue weighted by atomic mass is 10.1. The summed E-state index contributed by atoms with van der Waals surface area (Å²) < 4.78 is 6.94. The van der Waals surface area contributed by atoms with E-state index in [0.717, 1.165) is 24.9 Å². The summed E-state index contributed by atoms with van der Waals surface area (Å²) in [6.07, 6.45) is 5.90. The maximum absolute atomic E-state index is 12.4. The van der Waals surface area contributed by atoms with Crippen molar-refractivity contribution < 1.29 is 9.32 Å². The van der Waals surface area contributed by atoms with E-state index in [0.29, 0.717) is 18.0 Å². The zero-order valence-electron chi connectivity index (χ0n) is 11.7. The zero-order valence-corrected chi connectivity index (χ0v) is 11.7. The van der Waals surface area contributed by atoms with Crippen LogP contribution in [0.1, 0.15) is 40.7 Å². The van der Waals surface area contributed by atoms with Gasteiger partial charge in [0, 0.05) is 25.4 Å². The molecule has 0 N–H and O–H groups in total. The molecule has 0 radical (unpaired) electrons. The van der Waals surface area contributed by atoms with Gasteiger partial charge in [0.1, 0.15) is 5.76 Å². The van der Waals surface area contributed by atoms with E-state index in [2.05, 4.69) is 10.3 Å². The van der Waals surface area contributed by atoms with Crippen LogP contribution in [0.3, 0.4) is 0 Å². The maximum atomic E-state index is 12.4. The van der Waals surface area contributed by atoms with Crippen molar-refractivity contribution in [3.63, 3.8) is 0 Å². The van der Waals surface area contributed by atoms with Crippen LogP contribution in [0.5, 0.6) is 0 Å². The Hall–Kier alpha value is -2.11. The molecule has 106 valence electrons. The lowest BCUT2D eigenvalue weighted by Gasteiger charge is -2.32. The third kappa shape index (κ3) is 2.45. The number of aryl methyl sites for hydroxylation is 2. The van der Waals surface area contributed by atoms with E-state index in [-0.39, 0.29) is 11.9 Å². The molecule has 0 aromatic carbocycles. The molecule has 6 nitrogen and oxygen atoms in total. The molecular formula is C14H18N4O2. The molecule has 1 amide bonds. The van der Waals surface area contributed by atoms with E-state index in [4.69, 9.17) is 4.52 Å². The van der Waals surface area contributed by atoms with Crippen molar-refractivity contribution in [2.45, 2.75) is 32.7 Å². The topological polar surface area (TPSA) is 64.2 Å². The lowest BCUT2D eigenvalue weighted by Crippen LogP contribution is -2.41. The largest absolute Gasteiger partial charge is 0.361 e. The minimum absolute atomic E-state index is 0.0598. The molecule has 20 heavy (non-hydrogen) atoms. The second-order valence-electron chi connectivity index (χ2n) is 5.37. The number of carbonyl (C=O) groups excluding carboxylic acids is 1. The van der Waals surface area contributed by atoms with Gasteiger partial charge in [-0.1, -0.05) is 5.16 Å². The van der Waals surface area contributed by atoms with Crippen LogP contribution < -0.4 is 0 Å². The number of rotatable bonds is 2. The van der Waals surface area contributed by atoms with Crippen LogP contribution in [0, 0.1) is 13.8 Å². The van der Waals surface area contributed by atoms with Gasteiger partial charge in [0.25, 0.3) is 5.91 Å². The zero-order chi connectivity index (χ0) is 14.1. The Bertz CT molecular complexity index is 616. The van der Waals surface area contributed by atoms with Crippen LogP contribution in [0.2, 0.25) is 0 Å². The molecule has 0 bridgehead atoms. The third-order valence-electron chi connectivity index (χ3n) is 3.64. The molecule has 1 atom stereocenters. The fraction of sp³-hybridized carbons (Fsp3) is 0.500. The molecule has 2 aromatic heterocycles. The first-order valence-corrected chi connectivity index (χ1v) is 6.87. The Morgan fingerprint density at radius 1 is 1.45 bits per heavy atom. The fourth-order valence-corrected chi connectivity index (χ4v) is 2.62. The Morgan fingerprint density at radius 3 is 2.95 bits per heavy atom. The molecule has 0 saturated carbocycles. The predicted molar refractivity (Wildman–Crippen MR) is 72.4 cm³/mol. The van der Waals surface area contributed by atoms with Gasteiger partial charge >= 0.3 is 0 Å². The van der Waals surface area contributed by atoms with Gasteiger partial charge in [0.05, 0.1) is 12.2 Å². The predicted octanol–water partition coefficient (Wildman–Crippen LogP) is 1.97. The number of piperidine rings is 1. The van der Waals surface area contributed by atoms with Crippen molar-refractivity contribution in [1.82, 2.24) is 19.8 Å². The standard InChI is InChI=1S/C14H18N4O2/c1-10-7-15-18(8-10)12-4-3-5-17(9-12)14(19)13-6-11(2)20-16-13/h6-8,12H,3-5,9H2,1-2H3/t12-/m1/s1. The summed E-state index contributed by atoms with van der Waals surface area (Å²) in [7, 11) is 0. The summed E-state index contributed by atoms with van der Waals surface area (Å²) in [5, 5.41) is 8.16. The van der Waals surface area contributed by atoms with E-state index in [1.54, 1.807) is 13.0 Å². The second-order valence-corrected chi connectivity index (χ2v) is 5.37. The molecule has 3 rings (SSSR count). The molecule has 1 aliphatic heterocycles. The van der Waals surface area contributed by atoms with Gasteiger partial charge in [-0.25, -0.2) is 0 Å². The summed E-state index contributed by atoms with van der Waals surface area (Å²) in [5.41, 5.74) is 1.53. The highest BCUT2D eigenvalue weighted by atomic mass is 16.5. The van der Waals surface area contributed by atoms with Crippen LogP contribution in [-0.4, -0.2) is 38.8 Å². The minimum Gasteiger partial charge on any atom is -0.361 e. The van der Waals surface area contributed by atoms with Gasteiger partial charge in [-0.3, -0.25) is 9.48 Å². The first-order chi connectivity index (χ1) is 9.63. The number of amides is 1. The molecule has 0 unspecified atom stereocenters. The molecule has 6 heteroatoms. The smallest absolute Gasteiger partial charge is 0.276 e. The quantitative estimate of drug-likeness (QED) is 0.839. The number of carbonyl (C=O) groups is 1. The van der Waals surface area contributed by atoms with Crippen molar-refractivity contribution in [2.75, 3.05) is 13.1 Å². The van der Waals surface area contributed by atoms with Gasteiger partial charge in [-0.2, -0.15) is 5.10 Å². The average Bonchev–Trinajstić information content (AvgIpc) is 3.07. The van der Waals surface area contributed by atoms with Crippen LogP contribution >= 0.6 is 0 Å². The fourth-order valence-electron chi connectivity index (χ4n) is 2.62. The summed E-state index contributed by atoms with van der Waals surface area (Å²) in [6, 6.07) is 1.93. The number of likely N-dealkylation sites (tertiary alicyclic amines) is 1. The second kappa shape index (κ2) is 5.11. The van der Waals surface area contributed by atoms with Gasteiger partial charge in [-0.15, -0.1) is 0 Å². The monoisotopic (exact) mass is 274 g/mol. The Morgan fingerprint density at radius 2 is 2.30 bits per heavy atom. The van der Waals surface area contributed by atoms with Gasteiger partial charge in [0.15, 0.2) is 5.69 Å². The van der Waals surface area contributed by atoms with E-state index in [9.17, 15) is 4.79 Å². The Kier molecular flexibility index (Phi) is 3.30. The summed E-state index contributed by atoms with van der Waals surface area (Å²) >= 11 is 0. The Balaban J connectivity index is 1.73. The van der Waals surface area contributed by atoms with E-state index in [1.165, 1.54) is 0 Å². The molecule has 0 spiro atoms. The molecule has 1 saturated heterocycles. The van der Waals surface area contributed by atoms with Crippen molar-refractivity contribution in [3.05, 3.63) is 35.5 Å². The summed E-state index contributed by atoms with van der Waals surface area (Å²) in [5.74, 6) is 0.597. The molecule has 0 aliphatic carbocycles. The van der Waals surface area contributed by atoms with Crippen LogP contribution in [0.15, 0.2) is 23.0 Å². The van der Waals surface area contributed by atoms with Crippen molar-refractivity contribution in [3.8, 4) is 0 Å².